The van der Waals surface area contributed by atoms with Crippen LogP contribution in [0.2, 0.25) is 0 Å². The van der Waals surface area contributed by atoms with E-state index in [0.29, 0.717) is 22.9 Å². The van der Waals surface area contributed by atoms with Crippen LogP contribution in [0, 0.1) is 0 Å². The summed E-state index contributed by atoms with van der Waals surface area (Å²) in [5, 5.41) is 0.533. The number of carbonyl (C=O) groups is 1. The van der Waals surface area contributed by atoms with Gasteiger partial charge in [0, 0.05) is 25.8 Å². The van der Waals surface area contributed by atoms with E-state index in [1.807, 2.05) is 64.9 Å². The molecule has 0 spiro atoms. The zero-order chi connectivity index (χ0) is 24.0. The monoisotopic (exact) mass is 475 g/mol. The Morgan fingerprint density at radius 2 is 1.74 bits per heavy atom. The number of para-hydroxylation sites is 1. The van der Waals surface area contributed by atoms with Crippen LogP contribution in [0.1, 0.15) is 18.1 Å². The van der Waals surface area contributed by atoms with Crippen LogP contribution in [0.4, 0.5) is 5.69 Å². The Hall–Kier alpha value is -3.59. The molecular weight excluding hydrogens is 450 g/mol. The van der Waals surface area contributed by atoms with Crippen molar-refractivity contribution in [1.29, 1.82) is 0 Å². The first-order valence-electron chi connectivity index (χ1n) is 11.1. The molecule has 34 heavy (non-hydrogen) atoms. The summed E-state index contributed by atoms with van der Waals surface area (Å²) in [5.41, 5.74) is 2.95. The van der Waals surface area contributed by atoms with Gasteiger partial charge >= 0.3 is 5.69 Å². The first-order chi connectivity index (χ1) is 16.4. The first-order valence-corrected chi connectivity index (χ1v) is 12.1. The van der Waals surface area contributed by atoms with Gasteiger partial charge in [0.2, 0.25) is 5.91 Å². The van der Waals surface area contributed by atoms with Crippen LogP contribution in [0.5, 0.6) is 0 Å². The fourth-order valence-corrected chi connectivity index (χ4v) is 5.45. The highest BCUT2D eigenvalue weighted by Crippen LogP contribution is 2.33. The zero-order valence-corrected chi connectivity index (χ0v) is 20.1. The second kappa shape index (κ2) is 8.64. The SMILES string of the molecule is C[C@H]1Cc2ccccc2N1C(=O)CSc1nc2c(c(=O)n(C)c(=O)n2C)n1Cc1ccccc1. The topological polar surface area (TPSA) is 82.1 Å². The molecule has 3 heterocycles. The second-order valence-electron chi connectivity index (χ2n) is 8.58. The molecule has 1 atom stereocenters. The number of imidazole rings is 1. The minimum Gasteiger partial charge on any atom is -0.309 e. The van der Waals surface area contributed by atoms with Crippen molar-refractivity contribution in [2.75, 3.05) is 10.7 Å². The number of carbonyl (C=O) groups excluding carboxylic acids is 1. The maximum Gasteiger partial charge on any atom is 0.332 e. The van der Waals surface area contributed by atoms with Gasteiger partial charge in [-0.25, -0.2) is 9.78 Å². The molecule has 0 aliphatic carbocycles. The van der Waals surface area contributed by atoms with E-state index >= 15 is 0 Å². The highest BCUT2D eigenvalue weighted by molar-refractivity contribution is 7.99. The highest BCUT2D eigenvalue weighted by Gasteiger charge is 2.31. The lowest BCUT2D eigenvalue weighted by molar-refractivity contribution is -0.116. The van der Waals surface area contributed by atoms with Gasteiger partial charge in [-0.05, 0) is 30.5 Å². The maximum atomic E-state index is 13.3. The third-order valence-electron chi connectivity index (χ3n) is 6.30. The fourth-order valence-electron chi connectivity index (χ4n) is 4.59. The number of thioether (sulfide) groups is 1. The molecule has 0 N–H and O–H groups in total. The van der Waals surface area contributed by atoms with Crippen molar-refractivity contribution in [1.82, 2.24) is 18.7 Å². The zero-order valence-electron chi connectivity index (χ0n) is 19.3. The van der Waals surface area contributed by atoms with E-state index in [-0.39, 0.29) is 17.7 Å². The van der Waals surface area contributed by atoms with Crippen molar-refractivity contribution in [2.45, 2.75) is 31.1 Å². The molecule has 0 unspecified atom stereocenters. The van der Waals surface area contributed by atoms with Crippen molar-refractivity contribution in [2.24, 2.45) is 14.1 Å². The first kappa shape index (κ1) is 22.2. The second-order valence-corrected chi connectivity index (χ2v) is 9.52. The van der Waals surface area contributed by atoms with Crippen LogP contribution in [0.25, 0.3) is 11.2 Å². The quantitative estimate of drug-likeness (QED) is 0.415. The summed E-state index contributed by atoms with van der Waals surface area (Å²) in [6, 6.07) is 17.8. The Morgan fingerprint density at radius 1 is 1.03 bits per heavy atom. The average Bonchev–Trinajstić information content (AvgIpc) is 3.37. The molecule has 0 saturated carbocycles. The van der Waals surface area contributed by atoms with E-state index in [4.69, 9.17) is 0 Å². The Balaban J connectivity index is 1.53. The summed E-state index contributed by atoms with van der Waals surface area (Å²) in [5.74, 6) is 0.160. The minimum absolute atomic E-state index is 0.0115. The van der Waals surface area contributed by atoms with E-state index in [2.05, 4.69) is 11.1 Å². The number of aryl methyl sites for hydroxylation is 1. The average molecular weight is 476 g/mol. The van der Waals surface area contributed by atoms with Crippen LogP contribution >= 0.6 is 11.8 Å². The molecule has 0 bridgehead atoms. The van der Waals surface area contributed by atoms with Crippen molar-refractivity contribution in [3.63, 3.8) is 0 Å². The number of fused-ring (bicyclic) bond motifs is 2. The van der Waals surface area contributed by atoms with Crippen LogP contribution in [-0.2, 0) is 31.9 Å². The third kappa shape index (κ3) is 3.66. The number of anilines is 1. The normalized spacial score (nSPS) is 15.1. The molecule has 2 aromatic carbocycles. The number of aromatic nitrogens is 4. The van der Waals surface area contributed by atoms with Gasteiger partial charge in [0.15, 0.2) is 16.3 Å². The van der Waals surface area contributed by atoms with Crippen LogP contribution in [0.3, 0.4) is 0 Å². The standard InChI is InChI=1S/C25H25N5O3S/c1-16-13-18-11-7-8-12-19(18)30(16)20(31)15-34-24-26-22-21(23(32)28(3)25(33)27(22)2)29(24)14-17-9-5-4-6-10-17/h4-12,16H,13-15H2,1-3H3/t16-/m0/s1. The van der Waals surface area contributed by atoms with Crippen LogP contribution in [-0.4, -0.2) is 36.4 Å². The molecular formula is C25H25N5O3S. The van der Waals surface area contributed by atoms with Crippen molar-refractivity contribution < 1.29 is 4.79 Å². The van der Waals surface area contributed by atoms with Gasteiger partial charge in [0.25, 0.3) is 5.56 Å². The number of hydrogen-bond donors (Lipinski definition) is 0. The largest absolute Gasteiger partial charge is 0.332 e. The van der Waals surface area contributed by atoms with Gasteiger partial charge in [-0.1, -0.05) is 60.3 Å². The molecule has 4 aromatic rings. The van der Waals surface area contributed by atoms with Gasteiger partial charge in [-0.3, -0.25) is 18.7 Å². The summed E-state index contributed by atoms with van der Waals surface area (Å²) >= 11 is 1.29. The molecule has 2 aromatic heterocycles. The van der Waals surface area contributed by atoms with Crippen molar-refractivity contribution in [3.8, 4) is 0 Å². The van der Waals surface area contributed by atoms with Gasteiger partial charge < -0.3 is 9.47 Å². The Labute approximate surface area is 200 Å². The van der Waals surface area contributed by atoms with E-state index < -0.39 is 11.2 Å². The summed E-state index contributed by atoms with van der Waals surface area (Å²) < 4.78 is 4.28. The van der Waals surface area contributed by atoms with E-state index in [0.717, 1.165) is 22.2 Å². The molecule has 174 valence electrons. The van der Waals surface area contributed by atoms with E-state index in [1.165, 1.54) is 28.9 Å². The van der Waals surface area contributed by atoms with E-state index in [9.17, 15) is 14.4 Å². The van der Waals surface area contributed by atoms with Crippen molar-refractivity contribution >= 4 is 34.5 Å². The number of amides is 1. The Bertz CT molecular complexity index is 1520. The molecule has 1 amide bonds. The lowest BCUT2D eigenvalue weighted by Crippen LogP contribution is -2.37. The Kier molecular flexibility index (Phi) is 5.65. The van der Waals surface area contributed by atoms with Crippen molar-refractivity contribution in [3.05, 3.63) is 86.6 Å². The fraction of sp³-hybridized carbons (Fsp3) is 0.280. The molecule has 9 heteroatoms. The number of nitrogens with zero attached hydrogens (tertiary/aromatic N) is 5. The van der Waals surface area contributed by atoms with Gasteiger partial charge in [0.05, 0.1) is 12.3 Å². The number of rotatable bonds is 5. The van der Waals surface area contributed by atoms with Gasteiger partial charge in [-0.2, -0.15) is 0 Å². The molecule has 8 nitrogen and oxygen atoms in total. The molecule has 1 aliphatic rings. The maximum absolute atomic E-state index is 13.3. The lowest BCUT2D eigenvalue weighted by Gasteiger charge is -2.22. The van der Waals surface area contributed by atoms with Gasteiger partial charge in [-0.15, -0.1) is 0 Å². The number of benzene rings is 2. The molecule has 1 aliphatic heterocycles. The number of hydrogen-bond acceptors (Lipinski definition) is 5. The molecule has 0 saturated heterocycles. The Morgan fingerprint density at radius 3 is 2.50 bits per heavy atom. The predicted molar refractivity (Wildman–Crippen MR) is 134 cm³/mol. The summed E-state index contributed by atoms with van der Waals surface area (Å²) in [4.78, 5) is 45.3. The summed E-state index contributed by atoms with van der Waals surface area (Å²) in [7, 11) is 3.07. The molecule has 0 fully saturated rings. The minimum atomic E-state index is -0.433. The van der Waals surface area contributed by atoms with E-state index in [1.54, 1.807) is 7.05 Å². The van der Waals surface area contributed by atoms with Crippen LogP contribution in [0.15, 0.2) is 69.3 Å². The summed E-state index contributed by atoms with van der Waals surface area (Å²) in [6.07, 6.45) is 0.831. The summed E-state index contributed by atoms with van der Waals surface area (Å²) in [6.45, 7) is 2.46. The smallest absolute Gasteiger partial charge is 0.309 e. The highest BCUT2D eigenvalue weighted by atomic mass is 32.2. The van der Waals surface area contributed by atoms with Gasteiger partial charge in [0.1, 0.15) is 0 Å². The van der Waals surface area contributed by atoms with Crippen LogP contribution < -0.4 is 16.1 Å². The molecule has 0 radical (unpaired) electrons. The third-order valence-corrected chi connectivity index (χ3v) is 7.26. The molecule has 5 rings (SSSR count). The lowest BCUT2D eigenvalue weighted by atomic mass is 10.1. The predicted octanol–water partition coefficient (Wildman–Crippen LogP) is 2.55.